The lowest BCUT2D eigenvalue weighted by atomic mass is 10.0. The Balaban J connectivity index is 3.35. The largest absolute Gasteiger partial charge is 0.466 e. The molecule has 0 aromatic carbocycles. The minimum Gasteiger partial charge on any atom is -0.466 e. The summed E-state index contributed by atoms with van der Waals surface area (Å²) >= 11 is 0. The van der Waals surface area contributed by atoms with Gasteiger partial charge in [-0.3, -0.25) is 9.59 Å². The van der Waals surface area contributed by atoms with E-state index >= 15 is 0 Å². The highest BCUT2D eigenvalue weighted by atomic mass is 16.5. The van der Waals surface area contributed by atoms with E-state index in [2.05, 4.69) is 43.5 Å². The van der Waals surface area contributed by atoms with Crippen molar-refractivity contribution < 1.29 is 24.5 Å². The van der Waals surface area contributed by atoms with Crippen LogP contribution in [0.5, 0.6) is 0 Å². The monoisotopic (exact) mass is 1250 g/mol. The summed E-state index contributed by atoms with van der Waals surface area (Å²) in [6.07, 6.45) is 103. The Morgan fingerprint density at radius 3 is 0.876 bits per heavy atom. The topological polar surface area (TPSA) is 95.9 Å². The molecule has 0 spiro atoms. The molecular formula is C83H159NO5. The van der Waals surface area contributed by atoms with Gasteiger partial charge in [0.1, 0.15) is 0 Å². The number of allylic oxidation sites excluding steroid dienone is 5. The molecule has 0 bridgehead atoms. The van der Waals surface area contributed by atoms with Gasteiger partial charge in [0, 0.05) is 12.8 Å². The summed E-state index contributed by atoms with van der Waals surface area (Å²) in [6.45, 7) is 4.93. The SMILES string of the molecule is CCCCC/C=C\C/C=C\CCCCCCCCCC(=O)OCCCCCCCCCCCCCCCCCCCCCCCCCCCCCCCCCCC(=O)NC(CO)C(O)/C=C/CCCCCCCCCCCCCCCCCCCCCCC. The summed E-state index contributed by atoms with van der Waals surface area (Å²) in [5.74, 6) is -0.0445. The van der Waals surface area contributed by atoms with Gasteiger partial charge in [0.2, 0.25) is 5.91 Å². The first-order chi connectivity index (χ1) is 44.0. The number of ether oxygens (including phenoxy) is 1. The second-order valence-electron chi connectivity index (χ2n) is 28.1. The molecule has 2 atom stereocenters. The highest BCUT2D eigenvalue weighted by Gasteiger charge is 2.18. The molecule has 0 radical (unpaired) electrons. The van der Waals surface area contributed by atoms with Crippen molar-refractivity contribution in [3.63, 3.8) is 0 Å². The number of aliphatic hydroxyl groups is 2. The van der Waals surface area contributed by atoms with Gasteiger partial charge in [-0.2, -0.15) is 0 Å². The first kappa shape index (κ1) is 87.1. The van der Waals surface area contributed by atoms with Gasteiger partial charge in [-0.25, -0.2) is 0 Å². The van der Waals surface area contributed by atoms with E-state index < -0.39 is 12.1 Å². The van der Waals surface area contributed by atoms with Crippen LogP contribution in [0.1, 0.15) is 457 Å². The van der Waals surface area contributed by atoms with E-state index in [4.69, 9.17) is 4.74 Å². The Labute approximate surface area is 557 Å². The number of hydrogen-bond acceptors (Lipinski definition) is 5. The molecular weight excluding hydrogens is 1090 g/mol. The van der Waals surface area contributed by atoms with E-state index in [1.165, 1.54) is 379 Å². The lowest BCUT2D eigenvalue weighted by molar-refractivity contribution is -0.143. The molecule has 0 aromatic rings. The molecule has 0 aromatic heterocycles. The lowest BCUT2D eigenvalue weighted by Gasteiger charge is -2.20. The fraction of sp³-hybridized carbons (Fsp3) is 0.904. The molecule has 526 valence electrons. The van der Waals surface area contributed by atoms with Crippen LogP contribution in [-0.2, 0) is 14.3 Å². The van der Waals surface area contributed by atoms with Gasteiger partial charge in [-0.1, -0.05) is 416 Å². The molecule has 3 N–H and O–H groups in total. The summed E-state index contributed by atoms with van der Waals surface area (Å²) in [7, 11) is 0. The van der Waals surface area contributed by atoms with Gasteiger partial charge in [0.25, 0.3) is 0 Å². The second-order valence-corrected chi connectivity index (χ2v) is 28.1. The molecule has 0 heterocycles. The van der Waals surface area contributed by atoms with Crippen molar-refractivity contribution >= 4 is 11.9 Å². The quantitative estimate of drug-likeness (QED) is 0.0320. The molecule has 0 aliphatic heterocycles. The van der Waals surface area contributed by atoms with Crippen molar-refractivity contribution in [2.75, 3.05) is 13.2 Å². The summed E-state index contributed by atoms with van der Waals surface area (Å²) in [4.78, 5) is 24.7. The normalized spacial score (nSPS) is 12.6. The van der Waals surface area contributed by atoms with Crippen molar-refractivity contribution in [3.05, 3.63) is 36.5 Å². The maximum atomic E-state index is 12.6. The maximum Gasteiger partial charge on any atom is 0.305 e. The van der Waals surface area contributed by atoms with Crippen LogP contribution in [0.15, 0.2) is 36.5 Å². The molecule has 0 aliphatic rings. The van der Waals surface area contributed by atoms with Crippen LogP contribution in [-0.4, -0.2) is 47.4 Å². The summed E-state index contributed by atoms with van der Waals surface area (Å²) < 4.78 is 5.51. The third kappa shape index (κ3) is 75.0. The molecule has 2 unspecified atom stereocenters. The Kier molecular flexibility index (Phi) is 76.8. The molecule has 6 heteroatoms. The first-order valence-electron chi connectivity index (χ1n) is 40.8. The van der Waals surface area contributed by atoms with E-state index in [0.717, 1.165) is 51.4 Å². The van der Waals surface area contributed by atoms with E-state index in [0.29, 0.717) is 19.4 Å². The second kappa shape index (κ2) is 78.5. The minimum atomic E-state index is -0.843. The molecule has 0 fully saturated rings. The number of rotatable bonds is 77. The highest BCUT2D eigenvalue weighted by molar-refractivity contribution is 5.76. The number of esters is 1. The standard InChI is InChI=1S/C83H159NO5/c1-3-5-7-9-11-13-15-17-19-21-22-23-34-37-40-44-47-51-55-59-63-67-71-75-81(86)80(79-85)84-82(87)76-72-68-64-60-56-52-48-45-41-38-35-32-30-28-26-24-25-27-29-31-33-36-39-42-46-50-54-58-62-66-70-74-78-89-83(88)77-73-69-65-61-57-53-49-43-20-18-16-14-12-10-8-6-4-2/h12,14,18,20,71,75,80-81,85-86H,3-11,13,15-17,19,21-70,72-74,76-79H2,1-2H3,(H,84,87)/b14-12-,20-18-,75-71+. The number of unbranched alkanes of at least 4 members (excludes halogenated alkanes) is 62. The molecule has 6 nitrogen and oxygen atoms in total. The van der Waals surface area contributed by atoms with Crippen LogP contribution < -0.4 is 5.32 Å². The van der Waals surface area contributed by atoms with Crippen molar-refractivity contribution in [3.8, 4) is 0 Å². The van der Waals surface area contributed by atoms with Gasteiger partial charge in [0.05, 0.1) is 25.4 Å². The van der Waals surface area contributed by atoms with Crippen molar-refractivity contribution in [1.82, 2.24) is 5.32 Å². The average molecular weight is 1250 g/mol. The fourth-order valence-corrected chi connectivity index (χ4v) is 13.0. The van der Waals surface area contributed by atoms with Crippen LogP contribution in [0, 0.1) is 0 Å². The Morgan fingerprint density at radius 2 is 0.562 bits per heavy atom. The van der Waals surface area contributed by atoms with Crippen molar-refractivity contribution in [2.45, 2.75) is 469 Å². The van der Waals surface area contributed by atoms with E-state index in [1.54, 1.807) is 6.08 Å². The summed E-state index contributed by atoms with van der Waals surface area (Å²) in [5, 5.41) is 23.3. The average Bonchev–Trinajstić information content (AvgIpc) is 3.57. The number of carbonyl (C=O) groups excluding carboxylic acids is 2. The van der Waals surface area contributed by atoms with Gasteiger partial charge >= 0.3 is 5.97 Å². The summed E-state index contributed by atoms with van der Waals surface area (Å²) in [6, 6.07) is -0.626. The maximum absolute atomic E-state index is 12.6. The van der Waals surface area contributed by atoms with Gasteiger partial charge in [0.15, 0.2) is 0 Å². The highest BCUT2D eigenvalue weighted by Crippen LogP contribution is 2.20. The Morgan fingerprint density at radius 1 is 0.315 bits per heavy atom. The third-order valence-corrected chi connectivity index (χ3v) is 19.2. The minimum absolute atomic E-state index is 0.0140. The third-order valence-electron chi connectivity index (χ3n) is 19.2. The van der Waals surface area contributed by atoms with Crippen LogP contribution in [0.3, 0.4) is 0 Å². The van der Waals surface area contributed by atoms with Crippen LogP contribution in [0.2, 0.25) is 0 Å². The van der Waals surface area contributed by atoms with Gasteiger partial charge < -0.3 is 20.3 Å². The van der Waals surface area contributed by atoms with Gasteiger partial charge in [-0.05, 0) is 64.2 Å². The molecule has 0 saturated carbocycles. The lowest BCUT2D eigenvalue weighted by Crippen LogP contribution is -2.45. The Hall–Kier alpha value is -1.92. The first-order valence-corrected chi connectivity index (χ1v) is 40.8. The zero-order valence-corrected chi connectivity index (χ0v) is 60.4. The zero-order chi connectivity index (χ0) is 64.2. The smallest absolute Gasteiger partial charge is 0.305 e. The van der Waals surface area contributed by atoms with Crippen molar-refractivity contribution in [1.29, 1.82) is 0 Å². The molecule has 0 rings (SSSR count). The van der Waals surface area contributed by atoms with Crippen LogP contribution in [0.4, 0.5) is 0 Å². The fourth-order valence-electron chi connectivity index (χ4n) is 13.0. The number of nitrogens with one attached hydrogen (secondary N) is 1. The summed E-state index contributed by atoms with van der Waals surface area (Å²) in [5.41, 5.74) is 0. The van der Waals surface area contributed by atoms with E-state index in [9.17, 15) is 19.8 Å². The Bertz CT molecular complexity index is 1440. The van der Waals surface area contributed by atoms with E-state index in [-0.39, 0.29) is 18.5 Å². The number of amides is 1. The predicted octanol–water partition coefficient (Wildman–Crippen LogP) is 27.0. The zero-order valence-electron chi connectivity index (χ0n) is 60.4. The number of carbonyl (C=O) groups is 2. The number of hydrogen-bond donors (Lipinski definition) is 3. The van der Waals surface area contributed by atoms with Crippen LogP contribution in [0.25, 0.3) is 0 Å². The predicted molar refractivity (Wildman–Crippen MR) is 393 cm³/mol. The van der Waals surface area contributed by atoms with Crippen LogP contribution >= 0.6 is 0 Å². The van der Waals surface area contributed by atoms with Gasteiger partial charge in [-0.15, -0.1) is 0 Å². The number of aliphatic hydroxyl groups excluding tert-OH is 2. The molecule has 1 amide bonds. The molecule has 0 aliphatic carbocycles. The molecule has 0 saturated heterocycles. The van der Waals surface area contributed by atoms with Crippen molar-refractivity contribution in [2.24, 2.45) is 0 Å². The molecule has 89 heavy (non-hydrogen) atoms. The van der Waals surface area contributed by atoms with E-state index in [1.807, 2.05) is 6.08 Å².